The summed E-state index contributed by atoms with van der Waals surface area (Å²) in [5.41, 5.74) is 5.42. The first-order valence-electron chi connectivity index (χ1n) is 14.7. The zero-order chi connectivity index (χ0) is 32.2. The summed E-state index contributed by atoms with van der Waals surface area (Å²) >= 11 is 0. The Balaban J connectivity index is 1.52. The van der Waals surface area contributed by atoms with Gasteiger partial charge in [-0.1, -0.05) is 54.6 Å². The smallest absolute Gasteiger partial charge is 0.303 e. The summed E-state index contributed by atoms with van der Waals surface area (Å²) in [4.78, 5) is 13.2. The van der Waals surface area contributed by atoms with E-state index in [4.69, 9.17) is 19.3 Å². The third kappa shape index (κ3) is 10.5. The number of sulfonamides is 1. The Bertz CT molecular complexity index is 1660. The van der Waals surface area contributed by atoms with Crippen molar-refractivity contribution in [2.75, 3.05) is 36.2 Å². The van der Waals surface area contributed by atoms with Crippen molar-refractivity contribution in [1.82, 2.24) is 0 Å². The van der Waals surface area contributed by atoms with Gasteiger partial charge in [0.2, 0.25) is 10.0 Å². The fourth-order valence-electron chi connectivity index (χ4n) is 4.93. The van der Waals surface area contributed by atoms with E-state index in [1.165, 1.54) is 0 Å². The van der Waals surface area contributed by atoms with E-state index in [9.17, 15) is 13.2 Å². The zero-order valence-electron chi connectivity index (χ0n) is 25.9. The standard InChI is InChI=1S/C35H40N2O7S/c1-26-32(36-45(3,40)41)12-8-13-33(26)37(24-27-9-5-4-6-10-27)25-28-15-18-30(19-16-28)44-31-20-17-29(11-7-14-35(38)39)34(23-31)43-22-21-42-2/h4-6,8-10,12-13,15-20,23,36H,7,11,14,21-22,24-25H2,1-3H3,(H,38,39). The molecule has 0 radical (unpaired) electrons. The molecule has 0 aromatic heterocycles. The molecule has 45 heavy (non-hydrogen) atoms. The predicted molar refractivity (Wildman–Crippen MR) is 177 cm³/mol. The molecule has 0 saturated heterocycles. The Hall–Kier alpha value is -4.54. The van der Waals surface area contributed by atoms with Crippen LogP contribution in [0.1, 0.15) is 35.1 Å². The summed E-state index contributed by atoms with van der Waals surface area (Å²) in [6.07, 6.45) is 2.33. The highest BCUT2D eigenvalue weighted by Crippen LogP contribution is 2.32. The molecule has 2 N–H and O–H groups in total. The van der Waals surface area contributed by atoms with E-state index < -0.39 is 16.0 Å². The van der Waals surface area contributed by atoms with Gasteiger partial charge in [-0.2, -0.15) is 0 Å². The van der Waals surface area contributed by atoms with Crippen LogP contribution in [0.4, 0.5) is 11.4 Å². The van der Waals surface area contributed by atoms with Gasteiger partial charge in [-0.3, -0.25) is 9.52 Å². The SMILES string of the molecule is COCCOc1cc(Oc2ccc(CN(Cc3ccccc3)c3cccc(NS(C)(=O)=O)c3C)cc2)ccc1CCCC(=O)O. The van der Waals surface area contributed by atoms with Gasteiger partial charge in [-0.15, -0.1) is 0 Å². The topological polar surface area (TPSA) is 114 Å². The first kappa shape index (κ1) is 33.4. The van der Waals surface area contributed by atoms with Gasteiger partial charge in [0.05, 0.1) is 18.6 Å². The van der Waals surface area contributed by atoms with E-state index in [1.807, 2.05) is 79.7 Å². The lowest BCUT2D eigenvalue weighted by Gasteiger charge is -2.28. The van der Waals surface area contributed by atoms with Crippen molar-refractivity contribution in [2.45, 2.75) is 39.3 Å². The van der Waals surface area contributed by atoms with Crippen molar-refractivity contribution < 1.29 is 32.5 Å². The molecule has 238 valence electrons. The van der Waals surface area contributed by atoms with E-state index in [0.717, 1.165) is 34.2 Å². The quantitative estimate of drug-likeness (QED) is 0.122. The number of carboxylic acids is 1. The second-order valence-corrected chi connectivity index (χ2v) is 12.5. The molecule has 0 aliphatic rings. The van der Waals surface area contributed by atoms with Gasteiger partial charge in [-0.05, 0) is 72.4 Å². The van der Waals surface area contributed by atoms with E-state index >= 15 is 0 Å². The fourth-order valence-corrected chi connectivity index (χ4v) is 5.55. The Morgan fingerprint density at radius 3 is 2.22 bits per heavy atom. The van der Waals surface area contributed by atoms with Crippen LogP contribution < -0.4 is 19.1 Å². The molecule has 0 heterocycles. The van der Waals surface area contributed by atoms with E-state index in [2.05, 4.69) is 21.8 Å². The number of hydrogen-bond donors (Lipinski definition) is 2. The third-order valence-electron chi connectivity index (χ3n) is 7.11. The van der Waals surface area contributed by atoms with Crippen molar-refractivity contribution >= 4 is 27.4 Å². The third-order valence-corrected chi connectivity index (χ3v) is 7.70. The van der Waals surface area contributed by atoms with Crippen molar-refractivity contribution in [1.29, 1.82) is 0 Å². The minimum absolute atomic E-state index is 0.0907. The summed E-state index contributed by atoms with van der Waals surface area (Å²) in [5, 5.41) is 9.00. The number of benzene rings is 4. The monoisotopic (exact) mass is 632 g/mol. The molecule has 0 atom stereocenters. The minimum Gasteiger partial charge on any atom is -0.491 e. The van der Waals surface area contributed by atoms with Gasteiger partial charge in [0.1, 0.15) is 23.9 Å². The lowest BCUT2D eigenvalue weighted by Crippen LogP contribution is -2.23. The van der Waals surface area contributed by atoms with E-state index in [0.29, 0.717) is 62.1 Å². The summed E-state index contributed by atoms with van der Waals surface area (Å²) in [7, 11) is -1.82. The van der Waals surface area contributed by atoms with Crippen LogP contribution in [-0.4, -0.2) is 46.1 Å². The molecular weight excluding hydrogens is 592 g/mol. The average Bonchev–Trinajstić information content (AvgIpc) is 3.00. The molecule has 0 aliphatic heterocycles. The highest BCUT2D eigenvalue weighted by Gasteiger charge is 2.16. The Morgan fingerprint density at radius 2 is 1.56 bits per heavy atom. The van der Waals surface area contributed by atoms with Crippen LogP contribution in [0.2, 0.25) is 0 Å². The van der Waals surface area contributed by atoms with Gasteiger partial charge >= 0.3 is 5.97 Å². The highest BCUT2D eigenvalue weighted by molar-refractivity contribution is 7.92. The number of rotatable bonds is 17. The van der Waals surface area contributed by atoms with Crippen LogP contribution in [0.3, 0.4) is 0 Å². The molecular formula is C35H40N2O7S. The van der Waals surface area contributed by atoms with Gasteiger partial charge in [0.25, 0.3) is 0 Å². The number of nitrogens with zero attached hydrogens (tertiary/aromatic N) is 1. The molecule has 0 unspecified atom stereocenters. The number of aryl methyl sites for hydroxylation is 1. The van der Waals surface area contributed by atoms with Gasteiger partial charge in [0, 0.05) is 38.4 Å². The maximum Gasteiger partial charge on any atom is 0.303 e. The lowest BCUT2D eigenvalue weighted by atomic mass is 10.1. The molecule has 0 spiro atoms. The number of carbonyl (C=O) groups is 1. The number of anilines is 2. The molecule has 0 bridgehead atoms. The fraction of sp³-hybridized carbons (Fsp3) is 0.286. The Kier molecular flexibility index (Phi) is 11.8. The number of aliphatic carboxylic acids is 1. The second-order valence-electron chi connectivity index (χ2n) is 10.8. The summed E-state index contributed by atoms with van der Waals surface area (Å²) in [6, 6.07) is 29.2. The van der Waals surface area contributed by atoms with Gasteiger partial charge in [-0.25, -0.2) is 8.42 Å². The van der Waals surface area contributed by atoms with Crippen LogP contribution in [0.15, 0.2) is 91.0 Å². The maximum atomic E-state index is 12.0. The molecule has 0 aliphatic carbocycles. The molecule has 0 fully saturated rings. The molecule has 4 aromatic carbocycles. The largest absolute Gasteiger partial charge is 0.491 e. The Labute approximate surface area is 265 Å². The second kappa shape index (κ2) is 16.0. The Morgan fingerprint density at radius 1 is 0.867 bits per heavy atom. The number of carboxylic acid groups (broad SMARTS) is 1. The van der Waals surface area contributed by atoms with E-state index in [-0.39, 0.29) is 6.42 Å². The molecule has 10 heteroatoms. The normalized spacial score (nSPS) is 11.2. The highest BCUT2D eigenvalue weighted by atomic mass is 32.2. The number of methoxy groups -OCH3 is 1. The molecule has 4 rings (SSSR count). The summed E-state index contributed by atoms with van der Waals surface area (Å²) in [5.74, 6) is 1.08. The van der Waals surface area contributed by atoms with Crippen molar-refractivity contribution in [3.05, 3.63) is 113 Å². The van der Waals surface area contributed by atoms with Gasteiger partial charge < -0.3 is 24.2 Å². The maximum absolute atomic E-state index is 12.0. The lowest BCUT2D eigenvalue weighted by molar-refractivity contribution is -0.137. The number of hydrogen-bond acceptors (Lipinski definition) is 7. The predicted octanol–water partition coefficient (Wildman–Crippen LogP) is 6.80. The van der Waals surface area contributed by atoms with Crippen LogP contribution in [0.25, 0.3) is 0 Å². The van der Waals surface area contributed by atoms with Crippen molar-refractivity contribution in [3.8, 4) is 17.2 Å². The first-order chi connectivity index (χ1) is 21.6. The minimum atomic E-state index is -3.43. The van der Waals surface area contributed by atoms with Crippen LogP contribution in [0.5, 0.6) is 17.2 Å². The van der Waals surface area contributed by atoms with Crippen LogP contribution >= 0.6 is 0 Å². The molecule has 9 nitrogen and oxygen atoms in total. The van der Waals surface area contributed by atoms with Crippen LogP contribution in [0, 0.1) is 6.92 Å². The van der Waals surface area contributed by atoms with E-state index in [1.54, 1.807) is 13.2 Å². The molecule has 0 saturated carbocycles. The zero-order valence-corrected chi connectivity index (χ0v) is 26.7. The summed E-state index contributed by atoms with van der Waals surface area (Å²) in [6.45, 7) is 3.93. The molecule has 4 aromatic rings. The number of ether oxygens (including phenoxy) is 3. The summed E-state index contributed by atoms with van der Waals surface area (Å²) < 4.78 is 43.8. The average molecular weight is 633 g/mol. The van der Waals surface area contributed by atoms with Crippen molar-refractivity contribution in [3.63, 3.8) is 0 Å². The van der Waals surface area contributed by atoms with Crippen LogP contribution in [-0.2, 0) is 39.1 Å². The molecule has 0 amide bonds. The van der Waals surface area contributed by atoms with Crippen molar-refractivity contribution in [2.24, 2.45) is 0 Å². The first-order valence-corrected chi connectivity index (χ1v) is 16.6. The number of nitrogens with one attached hydrogen (secondary N) is 1. The van der Waals surface area contributed by atoms with Gasteiger partial charge in [0.15, 0.2) is 0 Å².